The number of ether oxygens (including phenoxy) is 2. The molecule has 7 atom stereocenters. The molecular formula is C16H34O5. The fourth-order valence-corrected chi connectivity index (χ4v) is 1.70. The van der Waals surface area contributed by atoms with Crippen LogP contribution >= 0.6 is 0 Å². The van der Waals surface area contributed by atoms with Gasteiger partial charge >= 0.3 is 0 Å². The Hall–Kier alpha value is -0.200. The fourth-order valence-electron chi connectivity index (χ4n) is 1.70. The molecule has 3 N–H and O–H groups in total. The Balaban J connectivity index is 4.40. The molecule has 0 radical (unpaired) electrons. The summed E-state index contributed by atoms with van der Waals surface area (Å²) >= 11 is 0. The van der Waals surface area contributed by atoms with Crippen LogP contribution in [0.5, 0.6) is 0 Å². The van der Waals surface area contributed by atoms with Crippen molar-refractivity contribution in [2.45, 2.75) is 91.0 Å². The highest BCUT2D eigenvalue weighted by Crippen LogP contribution is 2.17. The first kappa shape index (κ1) is 20.8. The lowest BCUT2D eigenvalue weighted by atomic mass is 9.98. The van der Waals surface area contributed by atoms with E-state index in [0.29, 0.717) is 6.61 Å². The molecule has 0 heterocycles. The second-order valence-corrected chi connectivity index (χ2v) is 6.28. The maximum atomic E-state index is 9.56. The van der Waals surface area contributed by atoms with Crippen LogP contribution in [0.25, 0.3) is 0 Å². The van der Waals surface area contributed by atoms with Crippen molar-refractivity contribution < 1.29 is 24.8 Å². The summed E-state index contributed by atoms with van der Waals surface area (Å²) in [5.41, 5.74) is 0. The van der Waals surface area contributed by atoms with Crippen LogP contribution < -0.4 is 0 Å². The van der Waals surface area contributed by atoms with Gasteiger partial charge in [-0.15, -0.1) is 0 Å². The van der Waals surface area contributed by atoms with Crippen LogP contribution in [0.1, 0.15) is 54.4 Å². The molecule has 0 fully saturated rings. The van der Waals surface area contributed by atoms with E-state index in [-0.39, 0.29) is 30.3 Å². The molecule has 0 aromatic carbocycles. The van der Waals surface area contributed by atoms with E-state index in [4.69, 9.17) is 9.47 Å². The van der Waals surface area contributed by atoms with E-state index >= 15 is 0 Å². The maximum Gasteiger partial charge on any atom is 0.0813 e. The zero-order valence-electron chi connectivity index (χ0n) is 14.3. The van der Waals surface area contributed by atoms with E-state index in [1.165, 1.54) is 0 Å². The first-order chi connectivity index (χ1) is 9.65. The van der Waals surface area contributed by atoms with Crippen LogP contribution in [0.15, 0.2) is 0 Å². The van der Waals surface area contributed by atoms with Crippen molar-refractivity contribution in [2.24, 2.45) is 5.92 Å². The third-order valence-electron chi connectivity index (χ3n) is 4.08. The lowest BCUT2D eigenvalue weighted by molar-refractivity contribution is -0.115. The van der Waals surface area contributed by atoms with E-state index < -0.39 is 12.2 Å². The minimum Gasteiger partial charge on any atom is -0.393 e. The number of aliphatic hydroxyl groups excluding tert-OH is 3. The molecule has 0 aromatic heterocycles. The molecule has 7 unspecified atom stereocenters. The van der Waals surface area contributed by atoms with Crippen LogP contribution in [0, 0.1) is 5.92 Å². The van der Waals surface area contributed by atoms with E-state index in [9.17, 15) is 15.3 Å². The molecule has 128 valence electrons. The molecule has 5 nitrogen and oxygen atoms in total. The standard InChI is InChI=1S/C16H34O5/c1-10(11(2)17)7-8-16(21-15(6)13(4)19)9-20-14(5)12(3)18/h10-19H,7-9H2,1-6H3. The van der Waals surface area contributed by atoms with Gasteiger partial charge in [-0.05, 0) is 53.4 Å². The Morgan fingerprint density at radius 3 is 1.67 bits per heavy atom. The minimum absolute atomic E-state index is 0.156. The van der Waals surface area contributed by atoms with E-state index in [1.54, 1.807) is 20.8 Å². The van der Waals surface area contributed by atoms with Gasteiger partial charge in [0.1, 0.15) is 0 Å². The van der Waals surface area contributed by atoms with E-state index in [1.807, 2.05) is 20.8 Å². The molecule has 0 aromatic rings. The first-order valence-electron chi connectivity index (χ1n) is 7.96. The quantitative estimate of drug-likeness (QED) is 0.542. The van der Waals surface area contributed by atoms with Crippen molar-refractivity contribution in [1.82, 2.24) is 0 Å². The monoisotopic (exact) mass is 306 g/mol. The third-order valence-corrected chi connectivity index (χ3v) is 4.08. The summed E-state index contributed by atoms with van der Waals surface area (Å²) in [4.78, 5) is 0. The number of hydrogen-bond acceptors (Lipinski definition) is 5. The molecular weight excluding hydrogens is 272 g/mol. The lowest BCUT2D eigenvalue weighted by Crippen LogP contribution is -2.34. The molecule has 0 rings (SSSR count). The largest absolute Gasteiger partial charge is 0.393 e. The van der Waals surface area contributed by atoms with Gasteiger partial charge in [0.15, 0.2) is 0 Å². The van der Waals surface area contributed by atoms with Gasteiger partial charge < -0.3 is 24.8 Å². The number of hydrogen-bond donors (Lipinski definition) is 3. The van der Waals surface area contributed by atoms with Gasteiger partial charge in [-0.3, -0.25) is 0 Å². The summed E-state index contributed by atoms with van der Waals surface area (Å²) in [7, 11) is 0. The number of aliphatic hydroxyl groups is 3. The Labute approximate surface area is 129 Å². The summed E-state index contributed by atoms with van der Waals surface area (Å²) in [5, 5.41) is 28.6. The lowest BCUT2D eigenvalue weighted by Gasteiger charge is -2.27. The minimum atomic E-state index is -0.545. The van der Waals surface area contributed by atoms with Gasteiger partial charge in [-0.1, -0.05) is 6.92 Å². The zero-order valence-corrected chi connectivity index (χ0v) is 14.3. The van der Waals surface area contributed by atoms with Crippen LogP contribution in [0.4, 0.5) is 0 Å². The van der Waals surface area contributed by atoms with Gasteiger partial charge in [0.05, 0.1) is 43.2 Å². The Morgan fingerprint density at radius 2 is 1.24 bits per heavy atom. The van der Waals surface area contributed by atoms with Crippen molar-refractivity contribution in [3.63, 3.8) is 0 Å². The van der Waals surface area contributed by atoms with Crippen molar-refractivity contribution >= 4 is 0 Å². The topological polar surface area (TPSA) is 79.2 Å². The summed E-state index contributed by atoms with van der Waals surface area (Å²) in [6, 6.07) is 0. The molecule has 0 bridgehead atoms. The van der Waals surface area contributed by atoms with Gasteiger partial charge in [0.2, 0.25) is 0 Å². The molecule has 0 amide bonds. The van der Waals surface area contributed by atoms with Crippen LogP contribution in [-0.2, 0) is 9.47 Å². The van der Waals surface area contributed by atoms with Crippen LogP contribution in [0.2, 0.25) is 0 Å². The Kier molecular flexibility index (Phi) is 10.4. The first-order valence-corrected chi connectivity index (χ1v) is 7.96. The van der Waals surface area contributed by atoms with Crippen LogP contribution in [-0.4, -0.2) is 58.6 Å². The SMILES string of the molecule is CC(O)C(C)CCC(COC(C)C(C)O)OC(C)C(C)O. The van der Waals surface area contributed by atoms with Crippen LogP contribution in [0.3, 0.4) is 0 Å². The number of rotatable bonds is 11. The molecule has 21 heavy (non-hydrogen) atoms. The summed E-state index contributed by atoms with van der Waals surface area (Å²) in [6.45, 7) is 11.2. The Bertz CT molecular complexity index is 237. The fraction of sp³-hybridized carbons (Fsp3) is 1.00. The molecule has 0 spiro atoms. The average Bonchev–Trinajstić information content (AvgIpc) is 2.40. The summed E-state index contributed by atoms with van der Waals surface area (Å²) < 4.78 is 11.5. The van der Waals surface area contributed by atoms with Crippen molar-refractivity contribution in [3.05, 3.63) is 0 Å². The van der Waals surface area contributed by atoms with Crippen molar-refractivity contribution in [1.29, 1.82) is 0 Å². The molecule has 0 aliphatic rings. The van der Waals surface area contributed by atoms with Gasteiger partial charge in [-0.2, -0.15) is 0 Å². The highest BCUT2D eigenvalue weighted by molar-refractivity contribution is 4.69. The molecule has 0 aliphatic heterocycles. The summed E-state index contributed by atoms with van der Waals surface area (Å²) in [6.07, 6.45) is -0.549. The molecule has 0 saturated heterocycles. The predicted molar refractivity (Wildman–Crippen MR) is 83.2 cm³/mol. The highest BCUT2D eigenvalue weighted by Gasteiger charge is 2.21. The van der Waals surface area contributed by atoms with Gasteiger partial charge in [0, 0.05) is 0 Å². The second kappa shape index (κ2) is 10.5. The maximum absolute atomic E-state index is 9.56. The normalized spacial score (nSPS) is 22.1. The second-order valence-electron chi connectivity index (χ2n) is 6.28. The molecule has 0 aliphatic carbocycles. The van der Waals surface area contributed by atoms with E-state index in [0.717, 1.165) is 12.8 Å². The van der Waals surface area contributed by atoms with Crippen molar-refractivity contribution in [3.8, 4) is 0 Å². The van der Waals surface area contributed by atoms with Crippen molar-refractivity contribution in [2.75, 3.05) is 6.61 Å². The molecule has 5 heteroatoms. The van der Waals surface area contributed by atoms with Gasteiger partial charge in [0.25, 0.3) is 0 Å². The smallest absolute Gasteiger partial charge is 0.0813 e. The summed E-state index contributed by atoms with van der Waals surface area (Å²) in [5.74, 6) is 0.187. The Morgan fingerprint density at radius 1 is 0.714 bits per heavy atom. The molecule has 0 saturated carbocycles. The highest BCUT2D eigenvalue weighted by atomic mass is 16.6. The average molecular weight is 306 g/mol. The third kappa shape index (κ3) is 9.42. The van der Waals surface area contributed by atoms with Gasteiger partial charge in [-0.25, -0.2) is 0 Å². The van der Waals surface area contributed by atoms with E-state index in [2.05, 4.69) is 0 Å². The zero-order chi connectivity index (χ0) is 16.6. The predicted octanol–water partition coefficient (Wildman–Crippen LogP) is 1.72.